The first kappa shape index (κ1) is 12.0. The van der Waals surface area contributed by atoms with Gasteiger partial charge in [-0.15, -0.1) is 0 Å². The van der Waals surface area contributed by atoms with Gasteiger partial charge >= 0.3 is 5.97 Å². The summed E-state index contributed by atoms with van der Waals surface area (Å²) in [4.78, 5) is 25.6. The largest absolute Gasteiger partial charge is 0.594 e. The van der Waals surface area contributed by atoms with Gasteiger partial charge in [-0.3, -0.25) is 9.59 Å². The Morgan fingerprint density at radius 2 is 2.39 bits per heavy atom. The molecule has 0 aromatic carbocycles. The number of hydrogen-bond acceptors (Lipinski definition) is 5. The maximum atomic E-state index is 11.4. The van der Waals surface area contributed by atoms with Crippen LogP contribution in [0.25, 0.3) is 11.0 Å². The van der Waals surface area contributed by atoms with Gasteiger partial charge in [0, 0.05) is 22.6 Å². The number of nitrogens with one attached hydrogen (secondary N) is 1. The number of esters is 1. The lowest BCUT2D eigenvalue weighted by Crippen LogP contribution is -2.31. The molecule has 0 saturated heterocycles. The molecule has 7 heteroatoms. The highest BCUT2D eigenvalue weighted by molar-refractivity contribution is 5.83. The first-order valence-electron chi connectivity index (χ1n) is 5.38. The lowest BCUT2D eigenvalue weighted by Gasteiger charge is -2.04. The molecule has 18 heavy (non-hydrogen) atoms. The predicted octanol–water partition coefficient (Wildman–Crippen LogP) is -0.338. The van der Waals surface area contributed by atoms with Crippen molar-refractivity contribution in [3.63, 3.8) is 0 Å². The van der Waals surface area contributed by atoms with E-state index in [1.54, 1.807) is 6.92 Å². The Kier molecular flexibility index (Phi) is 3.22. The highest BCUT2D eigenvalue weighted by Crippen LogP contribution is 2.12. The zero-order chi connectivity index (χ0) is 13.1. The summed E-state index contributed by atoms with van der Waals surface area (Å²) in [5.41, 5.74) is 0.222. The van der Waals surface area contributed by atoms with Crippen LogP contribution in [0.4, 0.5) is 0 Å². The van der Waals surface area contributed by atoms with Crippen LogP contribution < -0.4 is 10.4 Å². The zero-order valence-corrected chi connectivity index (χ0v) is 9.67. The molecular formula is C11H11N3O4. The van der Waals surface area contributed by atoms with E-state index in [1.165, 1.54) is 18.3 Å². The zero-order valence-electron chi connectivity index (χ0n) is 9.67. The summed E-state index contributed by atoms with van der Waals surface area (Å²) in [5, 5.41) is 15.2. The molecule has 0 spiro atoms. The number of H-pyrrole nitrogens is 1. The normalized spacial score (nSPS) is 10.5. The minimum Gasteiger partial charge on any atom is -0.594 e. The third-order valence-electron chi connectivity index (χ3n) is 2.36. The summed E-state index contributed by atoms with van der Waals surface area (Å²) in [6.07, 6.45) is 1.17. The Morgan fingerprint density at radius 3 is 3.11 bits per heavy atom. The molecule has 0 aliphatic rings. The number of carbonyl (C=O) groups is 1. The molecule has 1 N–H and O–H groups in total. The Balaban J connectivity index is 2.49. The van der Waals surface area contributed by atoms with Crippen molar-refractivity contribution >= 4 is 17.0 Å². The van der Waals surface area contributed by atoms with Crippen molar-refractivity contribution in [2.45, 2.75) is 13.3 Å². The van der Waals surface area contributed by atoms with Gasteiger partial charge in [-0.05, 0) is 12.5 Å². The van der Waals surface area contributed by atoms with E-state index in [0.717, 1.165) is 0 Å². The van der Waals surface area contributed by atoms with E-state index in [-0.39, 0.29) is 18.7 Å². The summed E-state index contributed by atoms with van der Waals surface area (Å²) in [6, 6.07) is 2.80. The van der Waals surface area contributed by atoms with E-state index in [4.69, 9.17) is 4.74 Å². The number of aromatic nitrogens is 3. The monoisotopic (exact) mass is 249 g/mol. The molecule has 0 saturated carbocycles. The van der Waals surface area contributed by atoms with Crippen LogP contribution in [-0.2, 0) is 16.0 Å². The number of ether oxygens (including phenoxy) is 1. The molecule has 0 unspecified atom stereocenters. The highest BCUT2D eigenvalue weighted by atomic mass is 16.5. The molecule has 2 heterocycles. The summed E-state index contributed by atoms with van der Waals surface area (Å²) in [5.74, 6) is -0.428. The van der Waals surface area contributed by atoms with E-state index in [9.17, 15) is 14.8 Å². The standard InChI is InChI=1S/C11H11N3O4/c1-2-18-10(16)6-7-5-9(15)12-11-8(7)3-4-14(17)13-11/h3-5H,2,6H2,1H3,(H,12,13,15). The van der Waals surface area contributed by atoms with Crippen molar-refractivity contribution in [2.24, 2.45) is 0 Å². The minimum absolute atomic E-state index is 0.0290. The third-order valence-corrected chi connectivity index (χ3v) is 2.36. The summed E-state index contributed by atoms with van der Waals surface area (Å²) < 4.78 is 4.82. The highest BCUT2D eigenvalue weighted by Gasteiger charge is 2.11. The lowest BCUT2D eigenvalue weighted by atomic mass is 10.1. The van der Waals surface area contributed by atoms with Gasteiger partial charge in [0.2, 0.25) is 17.4 Å². The molecule has 94 valence electrons. The second-order valence-corrected chi connectivity index (χ2v) is 3.62. The number of aromatic amines is 1. The molecule has 2 aromatic heterocycles. The molecule has 0 amide bonds. The molecule has 7 nitrogen and oxygen atoms in total. The van der Waals surface area contributed by atoms with E-state index in [2.05, 4.69) is 10.1 Å². The van der Waals surface area contributed by atoms with Gasteiger partial charge in [-0.1, -0.05) is 4.85 Å². The maximum absolute atomic E-state index is 11.4. The Bertz CT molecular complexity index is 650. The molecule has 0 atom stereocenters. The fourth-order valence-corrected chi connectivity index (χ4v) is 1.66. The molecule has 2 aromatic rings. The van der Waals surface area contributed by atoms with E-state index in [0.29, 0.717) is 15.8 Å². The summed E-state index contributed by atoms with van der Waals surface area (Å²) in [6.45, 7) is 1.98. The SMILES string of the molecule is CCOC(=O)Cc1cc(=O)[nH]c2n[n+]([O-])ccc12. The van der Waals surface area contributed by atoms with Gasteiger partial charge in [0.25, 0.3) is 0 Å². The van der Waals surface area contributed by atoms with Crippen LogP contribution in [-0.4, -0.2) is 22.7 Å². The van der Waals surface area contributed by atoms with Crippen molar-refractivity contribution in [3.05, 3.63) is 39.5 Å². The molecule has 0 aliphatic carbocycles. The van der Waals surface area contributed by atoms with E-state index < -0.39 is 11.5 Å². The van der Waals surface area contributed by atoms with Gasteiger partial charge in [0.1, 0.15) is 0 Å². The smallest absolute Gasteiger partial charge is 0.310 e. The molecule has 0 aliphatic heterocycles. The number of fused-ring (bicyclic) bond motifs is 1. The van der Waals surface area contributed by atoms with E-state index >= 15 is 0 Å². The van der Waals surface area contributed by atoms with Crippen LogP contribution in [0, 0.1) is 5.21 Å². The van der Waals surface area contributed by atoms with Crippen LogP contribution >= 0.6 is 0 Å². The van der Waals surface area contributed by atoms with Crippen molar-refractivity contribution in [3.8, 4) is 0 Å². The topological polar surface area (TPSA) is 99.0 Å². The maximum Gasteiger partial charge on any atom is 0.310 e. The van der Waals surface area contributed by atoms with Crippen molar-refractivity contribution < 1.29 is 14.4 Å². The molecule has 2 rings (SSSR count). The Hall–Kier alpha value is -2.44. The number of rotatable bonds is 3. The number of nitrogens with zero attached hydrogens (tertiary/aromatic N) is 2. The van der Waals surface area contributed by atoms with Crippen molar-refractivity contribution in [1.82, 2.24) is 10.1 Å². The lowest BCUT2D eigenvalue weighted by molar-refractivity contribution is -0.666. The average molecular weight is 249 g/mol. The Morgan fingerprint density at radius 1 is 1.61 bits per heavy atom. The molecule has 0 radical (unpaired) electrons. The van der Waals surface area contributed by atoms with Crippen molar-refractivity contribution in [2.75, 3.05) is 6.61 Å². The fraction of sp³-hybridized carbons (Fsp3) is 0.273. The number of pyridine rings is 1. The van der Waals surface area contributed by atoms with Gasteiger partial charge < -0.3 is 14.9 Å². The number of carbonyl (C=O) groups excluding carboxylic acids is 1. The molecule has 0 fully saturated rings. The predicted molar refractivity (Wildman–Crippen MR) is 61.7 cm³/mol. The second-order valence-electron chi connectivity index (χ2n) is 3.62. The van der Waals surface area contributed by atoms with Crippen molar-refractivity contribution in [1.29, 1.82) is 0 Å². The average Bonchev–Trinajstić information content (AvgIpc) is 2.28. The van der Waals surface area contributed by atoms with Crippen LogP contribution in [0.15, 0.2) is 23.1 Å². The second kappa shape index (κ2) is 4.82. The summed E-state index contributed by atoms with van der Waals surface area (Å²) in [7, 11) is 0. The van der Waals surface area contributed by atoms with Crippen LogP contribution in [0.2, 0.25) is 0 Å². The third kappa shape index (κ3) is 2.45. The van der Waals surface area contributed by atoms with Gasteiger partial charge in [0.15, 0.2) is 0 Å². The quantitative estimate of drug-likeness (QED) is 0.456. The number of hydrogen-bond donors (Lipinski definition) is 1. The minimum atomic E-state index is -0.428. The first-order chi connectivity index (χ1) is 8.60. The Labute approximate surface area is 102 Å². The van der Waals surface area contributed by atoms with Crippen LogP contribution in [0.1, 0.15) is 12.5 Å². The van der Waals surface area contributed by atoms with Gasteiger partial charge in [-0.2, -0.15) is 0 Å². The van der Waals surface area contributed by atoms with E-state index in [1.807, 2.05) is 0 Å². The molecule has 0 bridgehead atoms. The van der Waals surface area contributed by atoms with Crippen LogP contribution in [0.3, 0.4) is 0 Å². The van der Waals surface area contributed by atoms with Gasteiger partial charge in [-0.25, -0.2) is 0 Å². The molecular weight excluding hydrogens is 238 g/mol. The fourth-order valence-electron chi connectivity index (χ4n) is 1.66. The first-order valence-corrected chi connectivity index (χ1v) is 5.38. The summed E-state index contributed by atoms with van der Waals surface area (Å²) >= 11 is 0. The van der Waals surface area contributed by atoms with Crippen LogP contribution in [0.5, 0.6) is 0 Å². The van der Waals surface area contributed by atoms with Gasteiger partial charge in [0.05, 0.1) is 13.0 Å².